The molecule has 0 spiro atoms. The van der Waals surface area contributed by atoms with Crippen LogP contribution in [0.25, 0.3) is 22.2 Å². The average molecular weight is 570 g/mol. The number of nitrogens with one attached hydrogen (secondary N) is 2. The molecule has 10 nitrogen and oxygen atoms in total. The maximum absolute atomic E-state index is 12.3. The van der Waals surface area contributed by atoms with Crippen molar-refractivity contribution in [2.45, 2.75) is 20.4 Å². The molecule has 0 atom stereocenters. The molecule has 1 aliphatic heterocycles. The van der Waals surface area contributed by atoms with Crippen LogP contribution in [0.3, 0.4) is 0 Å². The van der Waals surface area contributed by atoms with Crippen molar-refractivity contribution in [2.75, 3.05) is 63.5 Å². The molecule has 3 heterocycles. The maximum Gasteiger partial charge on any atom is 0.247 e. The van der Waals surface area contributed by atoms with Crippen molar-refractivity contribution in [3.05, 3.63) is 61.4 Å². The third-order valence-electron chi connectivity index (χ3n) is 7.31. The fourth-order valence-electron chi connectivity index (χ4n) is 5.15. The van der Waals surface area contributed by atoms with Crippen LogP contribution in [0.2, 0.25) is 0 Å². The summed E-state index contributed by atoms with van der Waals surface area (Å²) in [7, 11) is 7.64. The molecule has 0 radical (unpaired) electrons. The Morgan fingerprint density at radius 2 is 2.00 bits per heavy atom. The Balaban J connectivity index is 1.51. The van der Waals surface area contributed by atoms with Crippen molar-refractivity contribution in [3.8, 4) is 22.8 Å². The predicted molar refractivity (Wildman–Crippen MR) is 169 cm³/mol. The normalized spacial score (nSPS) is 13.8. The van der Waals surface area contributed by atoms with Crippen molar-refractivity contribution < 1.29 is 14.3 Å². The van der Waals surface area contributed by atoms with Crippen LogP contribution in [0.15, 0.2) is 61.4 Å². The number of hydrogen-bond donors (Lipinski definition) is 2. The summed E-state index contributed by atoms with van der Waals surface area (Å²) in [5.41, 5.74) is 4.90. The van der Waals surface area contributed by atoms with Gasteiger partial charge in [0.1, 0.15) is 11.5 Å². The second kappa shape index (κ2) is 11.7. The van der Waals surface area contributed by atoms with Crippen LogP contribution < -0.4 is 25.0 Å². The van der Waals surface area contributed by atoms with E-state index in [4.69, 9.17) is 14.5 Å². The van der Waals surface area contributed by atoms with Crippen molar-refractivity contribution in [2.24, 2.45) is 5.41 Å². The Morgan fingerprint density at radius 1 is 1.19 bits per heavy atom. The van der Waals surface area contributed by atoms with E-state index in [1.54, 1.807) is 13.3 Å². The van der Waals surface area contributed by atoms with E-state index in [1.165, 1.54) is 6.08 Å². The zero-order valence-corrected chi connectivity index (χ0v) is 25.2. The Hall–Kier alpha value is -4.57. The first-order valence-electron chi connectivity index (χ1n) is 13.9. The number of nitrogens with zero attached hydrogens (tertiary/aromatic N) is 5. The van der Waals surface area contributed by atoms with E-state index in [9.17, 15) is 4.79 Å². The summed E-state index contributed by atoms with van der Waals surface area (Å²) in [5, 5.41) is 7.32. The maximum atomic E-state index is 12.3. The van der Waals surface area contributed by atoms with Gasteiger partial charge in [0, 0.05) is 61.5 Å². The Bertz CT molecular complexity index is 1630. The highest BCUT2D eigenvalue weighted by molar-refractivity contribution is 6.02. The molecule has 2 aromatic carbocycles. The number of likely N-dealkylation sites (N-methyl/N-ethyl adjacent to an activating group) is 2. The van der Waals surface area contributed by atoms with E-state index in [2.05, 4.69) is 62.7 Å². The van der Waals surface area contributed by atoms with E-state index in [0.29, 0.717) is 29.7 Å². The first-order chi connectivity index (χ1) is 20.1. The second-order valence-electron chi connectivity index (χ2n) is 11.7. The fraction of sp³-hybridized carbons (Fsp3) is 0.344. The van der Waals surface area contributed by atoms with E-state index in [0.717, 1.165) is 53.2 Å². The number of para-hydroxylation sites is 1. The number of carbonyl (C=O) groups is 1. The summed E-state index contributed by atoms with van der Waals surface area (Å²) in [6.45, 7) is 11.1. The molecule has 0 saturated heterocycles. The molecule has 2 N–H and O–H groups in total. The van der Waals surface area contributed by atoms with Crippen molar-refractivity contribution in [1.82, 2.24) is 19.4 Å². The van der Waals surface area contributed by atoms with Gasteiger partial charge in [-0.1, -0.05) is 32.6 Å². The number of ether oxygens (including phenoxy) is 2. The van der Waals surface area contributed by atoms with Crippen LogP contribution in [0.5, 0.6) is 11.5 Å². The van der Waals surface area contributed by atoms with Crippen molar-refractivity contribution in [1.29, 1.82) is 0 Å². The number of benzene rings is 2. The van der Waals surface area contributed by atoms with Crippen LogP contribution >= 0.6 is 0 Å². The third kappa shape index (κ3) is 6.03. The van der Waals surface area contributed by atoms with Crippen LogP contribution in [-0.2, 0) is 11.3 Å². The topological polar surface area (TPSA) is 96.8 Å². The first kappa shape index (κ1) is 28.9. The molecule has 42 heavy (non-hydrogen) atoms. The van der Waals surface area contributed by atoms with Gasteiger partial charge in [0.2, 0.25) is 11.9 Å². The number of hydrogen-bond acceptors (Lipinski definition) is 8. The van der Waals surface area contributed by atoms with Gasteiger partial charge in [-0.05, 0) is 38.4 Å². The summed E-state index contributed by atoms with van der Waals surface area (Å²) < 4.78 is 14.2. The van der Waals surface area contributed by atoms with Gasteiger partial charge in [0.05, 0.1) is 42.0 Å². The molecule has 220 valence electrons. The second-order valence-corrected chi connectivity index (χ2v) is 11.7. The summed E-state index contributed by atoms with van der Waals surface area (Å²) in [5.74, 6) is 1.57. The summed E-state index contributed by atoms with van der Waals surface area (Å²) >= 11 is 0. The van der Waals surface area contributed by atoms with E-state index in [-0.39, 0.29) is 11.3 Å². The molecule has 0 fully saturated rings. The lowest BCUT2D eigenvalue weighted by Crippen LogP contribution is -2.29. The molecule has 10 heteroatoms. The Morgan fingerprint density at radius 3 is 2.74 bits per heavy atom. The number of methoxy groups -OCH3 is 1. The zero-order chi connectivity index (χ0) is 30.0. The highest BCUT2D eigenvalue weighted by atomic mass is 16.5. The largest absolute Gasteiger partial charge is 0.494 e. The molecule has 0 unspecified atom stereocenters. The van der Waals surface area contributed by atoms with E-state index in [1.807, 2.05) is 51.5 Å². The number of aromatic nitrogens is 3. The van der Waals surface area contributed by atoms with Crippen LogP contribution in [0.4, 0.5) is 23.0 Å². The number of rotatable bonds is 10. The minimum atomic E-state index is -0.303. The average Bonchev–Trinajstić information content (AvgIpc) is 3.26. The van der Waals surface area contributed by atoms with Gasteiger partial charge >= 0.3 is 0 Å². The molecule has 0 aliphatic carbocycles. The molecular weight excluding hydrogens is 530 g/mol. The standard InChI is InChI=1S/C32H39N7O3/c1-8-29(40)34-24-16-25(28(41-7)17-26(24)38(6)15-14-37(4)5)36-31-33-13-12-23(35-31)22-18-39-19-32(2,3)20-42-27-11-9-10-21(22)30(27)39/h8-13,16-18H,1,14-15,19-20H2,2-7H3,(H,34,40)(H,33,35,36). The molecule has 4 aromatic rings. The van der Waals surface area contributed by atoms with Crippen molar-refractivity contribution in [3.63, 3.8) is 0 Å². The van der Waals surface area contributed by atoms with Gasteiger partial charge in [0.25, 0.3) is 0 Å². The minimum Gasteiger partial charge on any atom is -0.494 e. The zero-order valence-electron chi connectivity index (χ0n) is 25.2. The van der Waals surface area contributed by atoms with Crippen molar-refractivity contribution >= 4 is 39.8 Å². The van der Waals surface area contributed by atoms with Gasteiger partial charge in [-0.25, -0.2) is 9.97 Å². The van der Waals surface area contributed by atoms with Gasteiger partial charge in [-0.3, -0.25) is 4.79 Å². The van der Waals surface area contributed by atoms with Gasteiger partial charge in [-0.15, -0.1) is 0 Å². The Kier molecular flexibility index (Phi) is 8.08. The van der Waals surface area contributed by atoms with Crippen LogP contribution in [-0.4, -0.2) is 73.3 Å². The lowest BCUT2D eigenvalue weighted by Gasteiger charge is -2.26. The van der Waals surface area contributed by atoms with Crippen LogP contribution in [0, 0.1) is 5.41 Å². The molecule has 2 aromatic heterocycles. The van der Waals surface area contributed by atoms with Gasteiger partial charge < -0.3 is 34.5 Å². The predicted octanol–water partition coefficient (Wildman–Crippen LogP) is 5.39. The lowest BCUT2D eigenvalue weighted by atomic mass is 9.95. The van der Waals surface area contributed by atoms with Gasteiger partial charge in [0.15, 0.2) is 0 Å². The van der Waals surface area contributed by atoms with Gasteiger partial charge in [-0.2, -0.15) is 0 Å². The highest BCUT2D eigenvalue weighted by Gasteiger charge is 2.27. The van der Waals surface area contributed by atoms with E-state index >= 15 is 0 Å². The molecule has 1 amide bonds. The minimum absolute atomic E-state index is 0.0113. The smallest absolute Gasteiger partial charge is 0.247 e. The SMILES string of the molecule is C=CC(=O)Nc1cc(Nc2nccc(-c3cn4c5c(cccc35)OCC(C)(C)C4)n2)c(OC)cc1N(C)CCN(C)C. The monoisotopic (exact) mass is 569 g/mol. The van der Waals surface area contributed by atoms with E-state index < -0.39 is 0 Å². The molecular formula is C32H39N7O3. The lowest BCUT2D eigenvalue weighted by molar-refractivity contribution is -0.111. The quantitative estimate of drug-likeness (QED) is 0.246. The summed E-state index contributed by atoms with van der Waals surface area (Å²) in [4.78, 5) is 25.9. The Labute approximate surface area is 247 Å². The van der Waals surface area contributed by atoms with Crippen LogP contribution in [0.1, 0.15) is 13.8 Å². The number of carbonyl (C=O) groups excluding carboxylic acids is 1. The summed E-state index contributed by atoms with van der Waals surface area (Å²) in [6.07, 6.45) is 5.14. The third-order valence-corrected chi connectivity index (χ3v) is 7.31. The summed E-state index contributed by atoms with van der Waals surface area (Å²) in [6, 6.07) is 11.8. The fourth-order valence-corrected chi connectivity index (χ4v) is 5.15. The number of amides is 1. The molecule has 5 rings (SSSR count). The molecule has 0 saturated carbocycles. The molecule has 1 aliphatic rings. The first-order valence-corrected chi connectivity index (χ1v) is 13.9. The highest BCUT2D eigenvalue weighted by Crippen LogP contribution is 2.40. The number of anilines is 4. The molecule has 0 bridgehead atoms.